The van der Waals surface area contributed by atoms with Gasteiger partial charge in [0.25, 0.3) is 0 Å². The molecule has 0 aliphatic rings. The van der Waals surface area contributed by atoms with E-state index in [1.807, 2.05) is 42.0 Å². The summed E-state index contributed by atoms with van der Waals surface area (Å²) in [6, 6.07) is 10.5. The molecule has 2 nitrogen and oxygen atoms in total. The fourth-order valence-corrected chi connectivity index (χ4v) is 2.09. The van der Waals surface area contributed by atoms with E-state index in [-0.39, 0.29) is 0 Å². The zero-order chi connectivity index (χ0) is 9.80. The van der Waals surface area contributed by atoms with Gasteiger partial charge in [0.1, 0.15) is 0 Å². The van der Waals surface area contributed by atoms with Crippen molar-refractivity contribution in [2.45, 2.75) is 10.6 Å². The van der Waals surface area contributed by atoms with Crippen molar-refractivity contribution in [2.75, 3.05) is 0 Å². The number of rotatable bonds is 3. The molecular formula is C11H12N2S. The first-order valence-electron chi connectivity index (χ1n) is 4.50. The molecule has 2 rings (SSSR count). The second-order valence-corrected chi connectivity index (χ2v) is 4.17. The number of benzene rings is 1. The number of thioether (sulfide) groups is 1. The Kier molecular flexibility index (Phi) is 2.89. The fraction of sp³-hybridized carbons (Fsp3) is 0.182. The maximum Gasteiger partial charge on any atom is 0.0625 e. The van der Waals surface area contributed by atoms with Crippen LogP contribution in [0.25, 0.3) is 0 Å². The molecule has 0 aliphatic heterocycles. The van der Waals surface area contributed by atoms with Gasteiger partial charge < -0.3 is 0 Å². The summed E-state index contributed by atoms with van der Waals surface area (Å²) in [6.07, 6.45) is 3.93. The average molecular weight is 204 g/mol. The maximum atomic E-state index is 4.12. The third kappa shape index (κ3) is 2.39. The van der Waals surface area contributed by atoms with Gasteiger partial charge in [-0.15, -0.1) is 11.8 Å². The van der Waals surface area contributed by atoms with E-state index < -0.39 is 0 Å². The molecule has 0 saturated heterocycles. The minimum absolute atomic E-state index is 1.01. The van der Waals surface area contributed by atoms with Crippen LogP contribution >= 0.6 is 11.8 Å². The Hall–Kier alpha value is -1.22. The van der Waals surface area contributed by atoms with Crippen LogP contribution in [0.2, 0.25) is 0 Å². The predicted octanol–water partition coefficient (Wildman–Crippen LogP) is 2.71. The fourth-order valence-electron chi connectivity index (χ4n) is 1.21. The molecule has 0 spiro atoms. The van der Waals surface area contributed by atoms with Crippen molar-refractivity contribution < 1.29 is 0 Å². The lowest BCUT2D eigenvalue weighted by atomic mass is 10.2. The van der Waals surface area contributed by atoms with E-state index in [0.717, 1.165) is 5.75 Å². The lowest BCUT2D eigenvalue weighted by molar-refractivity contribution is 0.766. The Morgan fingerprint density at radius 2 is 2.07 bits per heavy atom. The normalized spacial score (nSPS) is 10.4. The van der Waals surface area contributed by atoms with Gasteiger partial charge >= 0.3 is 0 Å². The largest absolute Gasteiger partial charge is 0.275 e. The van der Waals surface area contributed by atoms with E-state index in [1.54, 1.807) is 0 Å². The highest BCUT2D eigenvalue weighted by Crippen LogP contribution is 2.21. The molecule has 72 valence electrons. The van der Waals surface area contributed by atoms with Crippen molar-refractivity contribution in [2.24, 2.45) is 7.05 Å². The molecule has 2 aromatic rings. The Balaban J connectivity index is 1.95. The summed E-state index contributed by atoms with van der Waals surface area (Å²) in [7, 11) is 1.94. The maximum absolute atomic E-state index is 4.12. The van der Waals surface area contributed by atoms with E-state index in [9.17, 15) is 0 Å². The first-order valence-corrected chi connectivity index (χ1v) is 5.48. The zero-order valence-corrected chi connectivity index (χ0v) is 8.87. The summed E-state index contributed by atoms with van der Waals surface area (Å²) < 4.78 is 1.83. The molecule has 0 saturated carbocycles. The second kappa shape index (κ2) is 4.33. The van der Waals surface area contributed by atoms with Crippen molar-refractivity contribution in [1.82, 2.24) is 9.78 Å². The van der Waals surface area contributed by atoms with E-state index in [4.69, 9.17) is 0 Å². The van der Waals surface area contributed by atoms with Crippen LogP contribution in [-0.2, 0) is 12.8 Å². The molecule has 0 atom stereocenters. The summed E-state index contributed by atoms with van der Waals surface area (Å²) in [6.45, 7) is 0. The molecule has 1 heterocycles. The highest BCUT2D eigenvalue weighted by molar-refractivity contribution is 7.98. The molecule has 1 aromatic carbocycles. The van der Waals surface area contributed by atoms with Gasteiger partial charge in [-0.05, 0) is 5.56 Å². The van der Waals surface area contributed by atoms with Crippen LogP contribution in [0.3, 0.4) is 0 Å². The molecule has 0 bridgehead atoms. The average Bonchev–Trinajstić information content (AvgIpc) is 2.63. The lowest BCUT2D eigenvalue weighted by Crippen LogP contribution is -1.84. The molecule has 0 amide bonds. The van der Waals surface area contributed by atoms with Crippen LogP contribution in [0.15, 0.2) is 47.6 Å². The highest BCUT2D eigenvalue weighted by atomic mass is 32.2. The molecule has 0 radical (unpaired) electrons. The lowest BCUT2D eigenvalue weighted by Gasteiger charge is -1.97. The number of nitrogens with zero attached hydrogens (tertiary/aromatic N) is 2. The second-order valence-electron chi connectivity index (χ2n) is 3.12. The predicted molar refractivity (Wildman–Crippen MR) is 59.2 cm³/mol. The van der Waals surface area contributed by atoms with Crippen molar-refractivity contribution in [1.29, 1.82) is 0 Å². The van der Waals surface area contributed by atoms with Gasteiger partial charge in [0.2, 0.25) is 0 Å². The number of hydrogen-bond acceptors (Lipinski definition) is 2. The zero-order valence-electron chi connectivity index (χ0n) is 8.05. The summed E-state index contributed by atoms with van der Waals surface area (Å²) in [4.78, 5) is 1.22. The van der Waals surface area contributed by atoms with Gasteiger partial charge in [0.05, 0.1) is 6.20 Å². The SMILES string of the molecule is Cn1cc(SCc2ccccc2)cn1. The summed E-state index contributed by atoms with van der Waals surface area (Å²) in [5, 5.41) is 4.12. The molecule has 14 heavy (non-hydrogen) atoms. The van der Waals surface area contributed by atoms with Crippen molar-refractivity contribution >= 4 is 11.8 Å². The summed E-state index contributed by atoms with van der Waals surface area (Å²) in [5.41, 5.74) is 1.35. The Morgan fingerprint density at radius 3 is 2.71 bits per heavy atom. The van der Waals surface area contributed by atoms with Crippen LogP contribution in [0.4, 0.5) is 0 Å². The molecule has 3 heteroatoms. The minimum Gasteiger partial charge on any atom is -0.275 e. The van der Waals surface area contributed by atoms with Crippen LogP contribution in [-0.4, -0.2) is 9.78 Å². The first-order chi connectivity index (χ1) is 6.84. The van der Waals surface area contributed by atoms with Gasteiger partial charge in [-0.1, -0.05) is 30.3 Å². The van der Waals surface area contributed by atoms with E-state index >= 15 is 0 Å². The van der Waals surface area contributed by atoms with Gasteiger partial charge in [-0.2, -0.15) is 5.10 Å². The Morgan fingerprint density at radius 1 is 1.29 bits per heavy atom. The molecule has 1 aromatic heterocycles. The highest BCUT2D eigenvalue weighted by Gasteiger charge is 1.97. The van der Waals surface area contributed by atoms with Crippen LogP contribution < -0.4 is 0 Å². The third-order valence-corrected chi connectivity index (χ3v) is 2.95. The molecule has 0 N–H and O–H groups in total. The van der Waals surface area contributed by atoms with Crippen molar-refractivity contribution in [3.63, 3.8) is 0 Å². The van der Waals surface area contributed by atoms with Crippen LogP contribution in [0.5, 0.6) is 0 Å². The standard InChI is InChI=1S/C11H12N2S/c1-13-8-11(7-12-13)14-9-10-5-3-2-4-6-10/h2-8H,9H2,1H3. The minimum atomic E-state index is 1.01. The summed E-state index contributed by atoms with van der Waals surface area (Å²) in [5.74, 6) is 1.01. The van der Waals surface area contributed by atoms with Crippen LogP contribution in [0, 0.1) is 0 Å². The number of aryl methyl sites for hydroxylation is 1. The van der Waals surface area contributed by atoms with E-state index in [2.05, 4.69) is 29.4 Å². The van der Waals surface area contributed by atoms with E-state index in [1.165, 1.54) is 10.5 Å². The van der Waals surface area contributed by atoms with E-state index in [0.29, 0.717) is 0 Å². The third-order valence-electron chi connectivity index (χ3n) is 1.93. The van der Waals surface area contributed by atoms with Gasteiger partial charge in [-0.25, -0.2) is 0 Å². The molecular weight excluding hydrogens is 192 g/mol. The Labute approximate surface area is 87.9 Å². The quantitative estimate of drug-likeness (QED) is 0.715. The molecule has 0 fully saturated rings. The smallest absolute Gasteiger partial charge is 0.0625 e. The molecule has 0 unspecified atom stereocenters. The van der Waals surface area contributed by atoms with Gasteiger partial charge in [0.15, 0.2) is 0 Å². The van der Waals surface area contributed by atoms with Crippen LogP contribution in [0.1, 0.15) is 5.56 Å². The van der Waals surface area contributed by atoms with Crippen molar-refractivity contribution in [3.8, 4) is 0 Å². The molecule has 0 aliphatic carbocycles. The first kappa shape index (κ1) is 9.34. The monoisotopic (exact) mass is 204 g/mol. The summed E-state index contributed by atoms with van der Waals surface area (Å²) >= 11 is 1.81. The number of aromatic nitrogens is 2. The number of hydrogen-bond donors (Lipinski definition) is 0. The Bertz CT molecular complexity index is 395. The van der Waals surface area contributed by atoms with Crippen molar-refractivity contribution in [3.05, 3.63) is 48.3 Å². The topological polar surface area (TPSA) is 17.8 Å². The van der Waals surface area contributed by atoms with Gasteiger partial charge in [-0.3, -0.25) is 4.68 Å². The van der Waals surface area contributed by atoms with Gasteiger partial charge in [0, 0.05) is 23.9 Å².